The van der Waals surface area contributed by atoms with Gasteiger partial charge in [0.15, 0.2) is 0 Å². The number of nitrogens with two attached hydrogens (primary N) is 1. The van der Waals surface area contributed by atoms with Gasteiger partial charge in [0.2, 0.25) is 0 Å². The molecule has 0 saturated carbocycles. The van der Waals surface area contributed by atoms with Gasteiger partial charge in [0.25, 0.3) is 0 Å². The lowest BCUT2D eigenvalue weighted by atomic mass is 10.4. The van der Waals surface area contributed by atoms with Crippen molar-refractivity contribution in [3.8, 4) is 0 Å². The molecule has 1 saturated heterocycles. The van der Waals surface area contributed by atoms with Crippen molar-refractivity contribution in [2.24, 2.45) is 0 Å². The third-order valence-electron chi connectivity index (χ3n) is 2.11. The summed E-state index contributed by atoms with van der Waals surface area (Å²) in [6.45, 7) is 2.20. The highest BCUT2D eigenvalue weighted by molar-refractivity contribution is 7.99. The van der Waals surface area contributed by atoms with Crippen LogP contribution in [0.25, 0.3) is 0 Å². The van der Waals surface area contributed by atoms with Gasteiger partial charge in [-0.1, -0.05) is 0 Å². The molecule has 0 aromatic carbocycles. The van der Waals surface area contributed by atoms with Crippen molar-refractivity contribution in [1.29, 1.82) is 0 Å². The molecule has 4 heteroatoms. The standard InChI is InChI=1S/C9H13N3S/c10-8-1-2-9(11-7-8)12-3-5-13-6-4-12/h1-2,7H,3-6,10H2. The molecule has 3 nitrogen and oxygen atoms in total. The van der Waals surface area contributed by atoms with Gasteiger partial charge in [-0.2, -0.15) is 11.8 Å². The van der Waals surface area contributed by atoms with E-state index in [0.29, 0.717) is 0 Å². The van der Waals surface area contributed by atoms with Crippen molar-refractivity contribution >= 4 is 23.3 Å². The zero-order chi connectivity index (χ0) is 9.10. The molecule has 1 aromatic heterocycles. The fourth-order valence-corrected chi connectivity index (χ4v) is 2.28. The number of nitrogens with zero attached hydrogens (tertiary/aromatic N) is 2. The molecule has 1 aromatic rings. The van der Waals surface area contributed by atoms with Crippen molar-refractivity contribution in [3.05, 3.63) is 18.3 Å². The molecule has 0 radical (unpaired) electrons. The lowest BCUT2D eigenvalue weighted by Crippen LogP contribution is -2.32. The molecule has 0 aliphatic carbocycles. The third kappa shape index (κ3) is 2.06. The minimum atomic E-state index is 0.732. The Kier molecular flexibility index (Phi) is 2.59. The van der Waals surface area contributed by atoms with E-state index in [-0.39, 0.29) is 0 Å². The van der Waals surface area contributed by atoms with Gasteiger partial charge in [-0.25, -0.2) is 4.98 Å². The van der Waals surface area contributed by atoms with Crippen molar-refractivity contribution in [1.82, 2.24) is 4.98 Å². The van der Waals surface area contributed by atoms with E-state index in [4.69, 9.17) is 5.73 Å². The molecule has 1 aliphatic heterocycles. The Bertz CT molecular complexity index is 267. The van der Waals surface area contributed by atoms with Crippen LogP contribution in [0.2, 0.25) is 0 Å². The summed E-state index contributed by atoms with van der Waals surface area (Å²) in [7, 11) is 0. The van der Waals surface area contributed by atoms with Crippen molar-refractivity contribution in [2.75, 3.05) is 35.2 Å². The van der Waals surface area contributed by atoms with E-state index < -0.39 is 0 Å². The zero-order valence-corrected chi connectivity index (χ0v) is 8.26. The summed E-state index contributed by atoms with van der Waals surface area (Å²) in [5.74, 6) is 3.45. The summed E-state index contributed by atoms with van der Waals surface area (Å²) >= 11 is 2.00. The van der Waals surface area contributed by atoms with Gasteiger partial charge in [-0.15, -0.1) is 0 Å². The number of nitrogen functional groups attached to an aromatic ring is 1. The molecule has 13 heavy (non-hydrogen) atoms. The molecule has 1 fully saturated rings. The zero-order valence-electron chi connectivity index (χ0n) is 7.44. The quantitative estimate of drug-likeness (QED) is 0.731. The number of thioether (sulfide) groups is 1. The lowest BCUT2D eigenvalue weighted by molar-refractivity contribution is 0.840. The first-order valence-corrected chi connectivity index (χ1v) is 5.56. The molecule has 0 spiro atoms. The number of aromatic nitrogens is 1. The Morgan fingerprint density at radius 3 is 2.69 bits per heavy atom. The summed E-state index contributed by atoms with van der Waals surface area (Å²) in [5, 5.41) is 0. The summed E-state index contributed by atoms with van der Waals surface area (Å²) in [6.07, 6.45) is 1.72. The maximum absolute atomic E-state index is 5.57. The van der Waals surface area contributed by atoms with E-state index in [2.05, 4.69) is 9.88 Å². The molecule has 2 heterocycles. The van der Waals surface area contributed by atoms with Gasteiger partial charge >= 0.3 is 0 Å². The summed E-state index contributed by atoms with van der Waals surface area (Å²) in [4.78, 5) is 6.60. The maximum atomic E-state index is 5.57. The van der Waals surface area contributed by atoms with E-state index in [1.807, 2.05) is 23.9 Å². The van der Waals surface area contributed by atoms with Crippen molar-refractivity contribution in [2.45, 2.75) is 0 Å². The highest BCUT2D eigenvalue weighted by atomic mass is 32.2. The number of hydrogen-bond acceptors (Lipinski definition) is 4. The second-order valence-corrected chi connectivity index (χ2v) is 4.27. The highest BCUT2D eigenvalue weighted by Crippen LogP contribution is 2.17. The van der Waals surface area contributed by atoms with Crippen LogP contribution in [-0.4, -0.2) is 29.6 Å². The first-order chi connectivity index (χ1) is 6.36. The second-order valence-electron chi connectivity index (χ2n) is 3.05. The number of rotatable bonds is 1. The predicted molar refractivity (Wildman–Crippen MR) is 58.2 cm³/mol. The van der Waals surface area contributed by atoms with Gasteiger partial charge in [0.1, 0.15) is 5.82 Å². The predicted octanol–water partition coefficient (Wildman–Crippen LogP) is 1.22. The van der Waals surface area contributed by atoms with Gasteiger partial charge in [0.05, 0.1) is 11.9 Å². The monoisotopic (exact) mass is 195 g/mol. The first kappa shape index (κ1) is 8.69. The minimum Gasteiger partial charge on any atom is -0.397 e. The normalized spacial score (nSPS) is 17.4. The molecule has 0 bridgehead atoms. The SMILES string of the molecule is Nc1ccc(N2CCSCC2)nc1. The fraction of sp³-hybridized carbons (Fsp3) is 0.444. The van der Waals surface area contributed by atoms with Crippen LogP contribution in [-0.2, 0) is 0 Å². The average molecular weight is 195 g/mol. The topological polar surface area (TPSA) is 42.1 Å². The van der Waals surface area contributed by atoms with Crippen LogP contribution in [0.1, 0.15) is 0 Å². The van der Waals surface area contributed by atoms with Gasteiger partial charge < -0.3 is 10.6 Å². The van der Waals surface area contributed by atoms with Crippen LogP contribution in [0.5, 0.6) is 0 Å². The van der Waals surface area contributed by atoms with Crippen LogP contribution >= 0.6 is 11.8 Å². The van der Waals surface area contributed by atoms with Crippen LogP contribution < -0.4 is 10.6 Å². The smallest absolute Gasteiger partial charge is 0.128 e. The van der Waals surface area contributed by atoms with E-state index in [9.17, 15) is 0 Å². The fourth-order valence-electron chi connectivity index (χ4n) is 1.38. The molecular formula is C9H13N3S. The molecule has 70 valence electrons. The molecule has 0 amide bonds. The molecule has 2 rings (SSSR count). The van der Waals surface area contributed by atoms with Crippen LogP contribution in [0, 0.1) is 0 Å². The summed E-state index contributed by atoms with van der Waals surface area (Å²) < 4.78 is 0. The van der Waals surface area contributed by atoms with Crippen LogP contribution in [0.3, 0.4) is 0 Å². The van der Waals surface area contributed by atoms with Crippen LogP contribution in [0.4, 0.5) is 11.5 Å². The van der Waals surface area contributed by atoms with E-state index in [0.717, 1.165) is 24.6 Å². The Morgan fingerprint density at radius 1 is 1.31 bits per heavy atom. The number of hydrogen-bond donors (Lipinski definition) is 1. The lowest BCUT2D eigenvalue weighted by Gasteiger charge is -2.27. The Morgan fingerprint density at radius 2 is 2.08 bits per heavy atom. The number of pyridine rings is 1. The minimum absolute atomic E-state index is 0.732. The van der Waals surface area contributed by atoms with Crippen molar-refractivity contribution in [3.63, 3.8) is 0 Å². The molecule has 2 N–H and O–H groups in total. The highest BCUT2D eigenvalue weighted by Gasteiger charge is 2.11. The molecule has 1 aliphatic rings. The summed E-state index contributed by atoms with van der Waals surface area (Å²) in [6, 6.07) is 3.90. The molecular weight excluding hydrogens is 182 g/mol. The maximum Gasteiger partial charge on any atom is 0.128 e. The van der Waals surface area contributed by atoms with E-state index in [1.54, 1.807) is 6.20 Å². The van der Waals surface area contributed by atoms with E-state index >= 15 is 0 Å². The Labute approximate surface area is 82.3 Å². The van der Waals surface area contributed by atoms with Gasteiger partial charge in [0, 0.05) is 24.6 Å². The van der Waals surface area contributed by atoms with Gasteiger partial charge in [-0.05, 0) is 12.1 Å². The largest absolute Gasteiger partial charge is 0.397 e. The average Bonchev–Trinajstić information content (AvgIpc) is 2.20. The summed E-state index contributed by atoms with van der Waals surface area (Å²) in [5.41, 5.74) is 6.30. The number of anilines is 2. The second kappa shape index (κ2) is 3.87. The van der Waals surface area contributed by atoms with Crippen molar-refractivity contribution < 1.29 is 0 Å². The first-order valence-electron chi connectivity index (χ1n) is 4.40. The molecule has 0 atom stereocenters. The van der Waals surface area contributed by atoms with E-state index in [1.165, 1.54) is 11.5 Å². The molecule has 0 unspecified atom stereocenters. The third-order valence-corrected chi connectivity index (χ3v) is 3.05. The Balaban J connectivity index is 2.10. The van der Waals surface area contributed by atoms with Crippen LogP contribution in [0.15, 0.2) is 18.3 Å². The Hall–Kier alpha value is -0.900. The van der Waals surface area contributed by atoms with Gasteiger partial charge in [-0.3, -0.25) is 0 Å².